The van der Waals surface area contributed by atoms with Gasteiger partial charge in [0.1, 0.15) is 0 Å². The largest absolute Gasteiger partial charge is 0.417 e. The van der Waals surface area contributed by atoms with Crippen LogP contribution in [0.2, 0.25) is 19.6 Å². The Balaban J connectivity index is 3.28. The number of hydrogen-bond donors (Lipinski definition) is 0. The van der Waals surface area contributed by atoms with E-state index >= 15 is 0 Å². The molecule has 0 aliphatic rings. The lowest BCUT2D eigenvalue weighted by Gasteiger charge is -2.17. The van der Waals surface area contributed by atoms with Crippen molar-refractivity contribution in [3.63, 3.8) is 0 Å². The zero-order valence-electron chi connectivity index (χ0n) is 6.57. The van der Waals surface area contributed by atoms with Crippen LogP contribution < -0.4 is 0 Å². The molecule has 0 spiro atoms. The maximum atomic E-state index is 5.58. The van der Waals surface area contributed by atoms with E-state index < -0.39 is 8.32 Å². The Labute approximate surface area is 67.0 Å². The predicted molar refractivity (Wildman–Crippen MR) is 47.7 cm³/mol. The second kappa shape index (κ2) is 3.74. The summed E-state index contributed by atoms with van der Waals surface area (Å²) in [5, 5.41) is 0. The maximum absolute atomic E-state index is 5.58. The molecule has 0 radical (unpaired) electrons. The zero-order chi connectivity index (χ0) is 7.49. The number of alkyl halides is 1. The van der Waals surface area contributed by atoms with Crippen molar-refractivity contribution >= 4 is 24.2 Å². The van der Waals surface area contributed by atoms with Crippen LogP contribution in [0, 0.1) is 0 Å². The van der Waals surface area contributed by atoms with Crippen LogP contribution in [0.15, 0.2) is 0 Å². The molecule has 0 heterocycles. The van der Waals surface area contributed by atoms with Gasteiger partial charge in [-0.15, -0.1) is 0 Å². The molecule has 0 N–H and O–H groups in total. The molecule has 56 valence electrons. The van der Waals surface area contributed by atoms with Gasteiger partial charge in [-0.05, 0) is 19.6 Å². The fraction of sp³-hybridized carbons (Fsp3) is 1.00. The third-order valence-corrected chi connectivity index (χ3v) is 2.04. The summed E-state index contributed by atoms with van der Waals surface area (Å²) in [6, 6.07) is 0. The van der Waals surface area contributed by atoms with E-state index in [1.165, 1.54) is 0 Å². The van der Waals surface area contributed by atoms with Gasteiger partial charge >= 0.3 is 0 Å². The van der Waals surface area contributed by atoms with Gasteiger partial charge in [-0.25, -0.2) is 0 Å². The Morgan fingerprint density at radius 1 is 1.44 bits per heavy atom. The van der Waals surface area contributed by atoms with Gasteiger partial charge in [0.15, 0.2) is 8.32 Å². The van der Waals surface area contributed by atoms with Crippen molar-refractivity contribution in [2.24, 2.45) is 0 Å². The fourth-order valence-corrected chi connectivity index (χ4v) is 1.49. The quantitative estimate of drug-likeness (QED) is 0.515. The standard InChI is InChI=1S/C6H15BrOSi/c1-6(7)5-8-9(2,3)4/h6H,5H2,1-4H3. The molecule has 1 nitrogen and oxygen atoms in total. The smallest absolute Gasteiger partial charge is 0.183 e. The lowest BCUT2D eigenvalue weighted by molar-refractivity contribution is 0.318. The van der Waals surface area contributed by atoms with Gasteiger partial charge in [-0.2, -0.15) is 0 Å². The third-order valence-electron chi connectivity index (χ3n) is 0.746. The van der Waals surface area contributed by atoms with E-state index in [1.54, 1.807) is 0 Å². The summed E-state index contributed by atoms with van der Waals surface area (Å²) in [6.07, 6.45) is 0. The number of hydrogen-bond acceptors (Lipinski definition) is 1. The van der Waals surface area contributed by atoms with E-state index in [0.717, 1.165) is 6.61 Å². The van der Waals surface area contributed by atoms with Gasteiger partial charge in [-0.1, -0.05) is 22.9 Å². The van der Waals surface area contributed by atoms with Crippen LogP contribution >= 0.6 is 15.9 Å². The molecule has 0 amide bonds. The molecule has 1 atom stereocenters. The van der Waals surface area contributed by atoms with Crippen molar-refractivity contribution in [3.05, 3.63) is 0 Å². The number of halogens is 1. The minimum absolute atomic E-state index is 0.490. The Kier molecular flexibility index (Phi) is 4.01. The Morgan fingerprint density at radius 3 is 2.00 bits per heavy atom. The predicted octanol–water partition coefficient (Wildman–Crippen LogP) is 2.62. The van der Waals surface area contributed by atoms with Crippen LogP contribution in [-0.4, -0.2) is 19.8 Å². The van der Waals surface area contributed by atoms with Crippen molar-refractivity contribution in [2.45, 2.75) is 31.4 Å². The van der Waals surface area contributed by atoms with Crippen LogP contribution in [0.4, 0.5) is 0 Å². The van der Waals surface area contributed by atoms with E-state index in [2.05, 4.69) is 42.5 Å². The van der Waals surface area contributed by atoms with Crippen LogP contribution in [-0.2, 0) is 4.43 Å². The Morgan fingerprint density at radius 2 is 1.89 bits per heavy atom. The van der Waals surface area contributed by atoms with Gasteiger partial charge in [0.05, 0.1) is 0 Å². The Hall–Kier alpha value is 0.657. The van der Waals surface area contributed by atoms with Gasteiger partial charge < -0.3 is 4.43 Å². The summed E-state index contributed by atoms with van der Waals surface area (Å²) < 4.78 is 5.58. The monoisotopic (exact) mass is 210 g/mol. The first-order chi connectivity index (χ1) is 3.92. The van der Waals surface area contributed by atoms with E-state index in [0.29, 0.717) is 4.83 Å². The van der Waals surface area contributed by atoms with Gasteiger partial charge in [0.25, 0.3) is 0 Å². The second-order valence-electron chi connectivity index (χ2n) is 3.20. The van der Waals surface area contributed by atoms with Crippen LogP contribution in [0.5, 0.6) is 0 Å². The van der Waals surface area contributed by atoms with Gasteiger partial charge in [-0.3, -0.25) is 0 Å². The van der Waals surface area contributed by atoms with Crippen molar-refractivity contribution in [1.82, 2.24) is 0 Å². The van der Waals surface area contributed by atoms with Crippen molar-refractivity contribution in [2.75, 3.05) is 6.61 Å². The highest BCUT2D eigenvalue weighted by Crippen LogP contribution is 2.06. The highest BCUT2D eigenvalue weighted by atomic mass is 79.9. The molecule has 0 saturated heterocycles. The number of rotatable bonds is 3. The Bertz CT molecular complexity index is 77.6. The second-order valence-corrected chi connectivity index (χ2v) is 9.28. The molecule has 0 saturated carbocycles. The molecule has 0 aliphatic carbocycles. The molecule has 3 heteroatoms. The first kappa shape index (κ1) is 9.66. The normalized spacial score (nSPS) is 15.7. The molecule has 0 aliphatic heterocycles. The summed E-state index contributed by atoms with van der Waals surface area (Å²) in [5.74, 6) is 0. The lowest BCUT2D eigenvalue weighted by Crippen LogP contribution is -2.27. The molecule has 1 unspecified atom stereocenters. The van der Waals surface area contributed by atoms with Gasteiger partial charge in [0.2, 0.25) is 0 Å². The summed E-state index contributed by atoms with van der Waals surface area (Å²) in [4.78, 5) is 0.490. The molecule has 0 fully saturated rings. The van der Waals surface area contributed by atoms with Crippen LogP contribution in [0.1, 0.15) is 6.92 Å². The molecule has 0 rings (SSSR count). The first-order valence-corrected chi connectivity index (χ1v) is 7.52. The first-order valence-electron chi connectivity index (χ1n) is 3.20. The van der Waals surface area contributed by atoms with E-state index in [1.807, 2.05) is 0 Å². The summed E-state index contributed by atoms with van der Waals surface area (Å²) in [5.41, 5.74) is 0. The highest BCUT2D eigenvalue weighted by Gasteiger charge is 2.14. The molecular formula is C6H15BrOSi. The minimum Gasteiger partial charge on any atom is -0.417 e. The highest BCUT2D eigenvalue weighted by molar-refractivity contribution is 9.09. The molecule has 0 bridgehead atoms. The van der Waals surface area contributed by atoms with Crippen LogP contribution in [0.25, 0.3) is 0 Å². The van der Waals surface area contributed by atoms with Crippen molar-refractivity contribution < 1.29 is 4.43 Å². The molecule has 0 aromatic carbocycles. The molecule has 9 heavy (non-hydrogen) atoms. The molecular weight excluding hydrogens is 196 g/mol. The fourth-order valence-electron chi connectivity index (χ4n) is 0.365. The van der Waals surface area contributed by atoms with E-state index in [4.69, 9.17) is 4.43 Å². The van der Waals surface area contributed by atoms with Crippen molar-refractivity contribution in [3.8, 4) is 0 Å². The minimum atomic E-state index is -1.25. The summed E-state index contributed by atoms with van der Waals surface area (Å²) in [7, 11) is -1.25. The maximum Gasteiger partial charge on any atom is 0.183 e. The van der Waals surface area contributed by atoms with Crippen LogP contribution in [0.3, 0.4) is 0 Å². The molecule has 0 aromatic heterocycles. The summed E-state index contributed by atoms with van der Waals surface area (Å²) in [6.45, 7) is 9.53. The van der Waals surface area contributed by atoms with E-state index in [-0.39, 0.29) is 0 Å². The average Bonchev–Trinajstić information content (AvgIpc) is 1.59. The lowest BCUT2D eigenvalue weighted by atomic mass is 10.5. The van der Waals surface area contributed by atoms with E-state index in [9.17, 15) is 0 Å². The SMILES string of the molecule is CC(Br)CO[Si](C)(C)C. The van der Waals surface area contributed by atoms with Crippen molar-refractivity contribution in [1.29, 1.82) is 0 Å². The van der Waals surface area contributed by atoms with Gasteiger partial charge in [0, 0.05) is 11.4 Å². The third kappa shape index (κ3) is 8.66. The summed E-state index contributed by atoms with van der Waals surface area (Å²) >= 11 is 3.42. The zero-order valence-corrected chi connectivity index (χ0v) is 9.16. The average molecular weight is 211 g/mol. The topological polar surface area (TPSA) is 9.23 Å². The molecule has 0 aromatic rings.